The third kappa shape index (κ3) is 3.67. The van der Waals surface area contributed by atoms with Gasteiger partial charge >= 0.3 is 0 Å². The molecule has 1 aromatic rings. The second-order valence-corrected chi connectivity index (χ2v) is 5.39. The van der Waals surface area contributed by atoms with Gasteiger partial charge in [0.25, 0.3) is 0 Å². The number of pyridine rings is 1. The van der Waals surface area contributed by atoms with Gasteiger partial charge < -0.3 is 16.0 Å². The van der Waals surface area contributed by atoms with Crippen molar-refractivity contribution in [1.29, 1.82) is 0 Å². The summed E-state index contributed by atoms with van der Waals surface area (Å²) in [6.45, 7) is 6.61. The number of primary amides is 1. The van der Waals surface area contributed by atoms with E-state index in [2.05, 4.69) is 35.1 Å². The molecule has 1 aliphatic heterocycles. The zero-order valence-corrected chi connectivity index (χ0v) is 11.6. The second-order valence-electron chi connectivity index (χ2n) is 5.39. The quantitative estimate of drug-likeness (QED) is 0.827. The van der Waals surface area contributed by atoms with Gasteiger partial charge in [0.2, 0.25) is 5.91 Å². The molecule has 0 aliphatic carbocycles. The molecule has 1 aromatic heterocycles. The monoisotopic (exact) mass is 262 g/mol. The van der Waals surface area contributed by atoms with E-state index < -0.39 is 0 Å². The molecule has 1 aliphatic rings. The summed E-state index contributed by atoms with van der Waals surface area (Å²) in [7, 11) is 0. The highest BCUT2D eigenvalue weighted by atomic mass is 16.1. The lowest BCUT2D eigenvalue weighted by atomic mass is 10.1. The van der Waals surface area contributed by atoms with Crippen LogP contribution in [0.15, 0.2) is 18.3 Å². The first-order valence-corrected chi connectivity index (χ1v) is 6.79. The lowest BCUT2D eigenvalue weighted by Crippen LogP contribution is -2.27. The summed E-state index contributed by atoms with van der Waals surface area (Å²) in [5.74, 6) is 0.682. The Morgan fingerprint density at radius 1 is 1.58 bits per heavy atom. The second kappa shape index (κ2) is 6.02. The molecule has 2 heterocycles. The number of anilines is 1. The number of nitrogens with two attached hydrogens (primary N) is 1. The molecule has 1 atom stereocenters. The lowest BCUT2D eigenvalue weighted by molar-refractivity contribution is -0.121. The number of nitrogens with one attached hydrogen (secondary N) is 1. The van der Waals surface area contributed by atoms with Crippen LogP contribution in [-0.2, 0) is 11.3 Å². The van der Waals surface area contributed by atoms with Gasteiger partial charge in [0.05, 0.1) is 5.92 Å². The molecule has 1 saturated heterocycles. The number of carbonyl (C=O) groups excluding carboxylic acids is 1. The highest BCUT2D eigenvalue weighted by Gasteiger charge is 2.27. The third-order valence-corrected chi connectivity index (χ3v) is 3.44. The minimum absolute atomic E-state index is 0.0379. The predicted octanol–water partition coefficient (Wildman–Crippen LogP) is 0.891. The van der Waals surface area contributed by atoms with E-state index >= 15 is 0 Å². The first kappa shape index (κ1) is 13.8. The van der Waals surface area contributed by atoms with Gasteiger partial charge in [0, 0.05) is 31.9 Å². The summed E-state index contributed by atoms with van der Waals surface area (Å²) in [6.07, 6.45) is 2.72. The zero-order valence-electron chi connectivity index (χ0n) is 11.6. The van der Waals surface area contributed by atoms with E-state index in [1.165, 1.54) is 5.56 Å². The van der Waals surface area contributed by atoms with E-state index in [4.69, 9.17) is 5.73 Å². The van der Waals surface area contributed by atoms with Crippen molar-refractivity contribution in [3.63, 3.8) is 0 Å². The molecule has 0 bridgehead atoms. The Morgan fingerprint density at radius 2 is 2.37 bits per heavy atom. The smallest absolute Gasteiger partial charge is 0.222 e. The number of hydrogen-bond acceptors (Lipinski definition) is 4. The molecular weight excluding hydrogens is 240 g/mol. The van der Waals surface area contributed by atoms with Crippen molar-refractivity contribution in [3.05, 3.63) is 23.9 Å². The van der Waals surface area contributed by atoms with Crippen molar-refractivity contribution in [2.45, 2.75) is 32.9 Å². The number of nitrogens with zero attached hydrogens (tertiary/aromatic N) is 2. The molecule has 104 valence electrons. The van der Waals surface area contributed by atoms with Crippen LogP contribution in [0.1, 0.15) is 25.8 Å². The average Bonchev–Trinajstić information content (AvgIpc) is 2.86. The van der Waals surface area contributed by atoms with Crippen molar-refractivity contribution in [2.75, 3.05) is 18.0 Å². The minimum Gasteiger partial charge on any atom is -0.369 e. The molecule has 0 saturated carbocycles. The topological polar surface area (TPSA) is 71.2 Å². The predicted molar refractivity (Wildman–Crippen MR) is 75.7 cm³/mol. The molecule has 0 aromatic carbocycles. The Bertz CT molecular complexity index is 430. The van der Waals surface area contributed by atoms with Crippen molar-refractivity contribution < 1.29 is 4.79 Å². The largest absolute Gasteiger partial charge is 0.369 e. The van der Waals surface area contributed by atoms with Gasteiger partial charge in [-0.1, -0.05) is 19.9 Å². The van der Waals surface area contributed by atoms with Crippen LogP contribution in [0.4, 0.5) is 5.82 Å². The molecular formula is C14H22N4O. The number of hydrogen-bond donors (Lipinski definition) is 2. The molecule has 5 nitrogen and oxygen atoms in total. The van der Waals surface area contributed by atoms with Crippen molar-refractivity contribution in [1.82, 2.24) is 10.3 Å². The van der Waals surface area contributed by atoms with Gasteiger partial charge in [-0.2, -0.15) is 0 Å². The van der Waals surface area contributed by atoms with Crippen LogP contribution in [0.25, 0.3) is 0 Å². The fourth-order valence-corrected chi connectivity index (χ4v) is 2.23. The van der Waals surface area contributed by atoms with E-state index in [0.717, 1.165) is 25.3 Å². The Kier molecular flexibility index (Phi) is 4.37. The number of amides is 1. The Labute approximate surface area is 114 Å². The van der Waals surface area contributed by atoms with E-state index in [9.17, 15) is 4.79 Å². The normalized spacial score (nSPS) is 19.1. The molecule has 0 radical (unpaired) electrons. The van der Waals surface area contributed by atoms with Gasteiger partial charge in [-0.3, -0.25) is 4.79 Å². The zero-order chi connectivity index (χ0) is 13.8. The molecule has 2 rings (SSSR count). The van der Waals surface area contributed by atoms with Crippen LogP contribution in [0.3, 0.4) is 0 Å². The van der Waals surface area contributed by atoms with Crippen LogP contribution < -0.4 is 16.0 Å². The molecule has 0 spiro atoms. The Balaban J connectivity index is 1.93. The average molecular weight is 262 g/mol. The fraction of sp³-hybridized carbons (Fsp3) is 0.571. The summed E-state index contributed by atoms with van der Waals surface area (Å²) in [4.78, 5) is 17.7. The van der Waals surface area contributed by atoms with Gasteiger partial charge in [-0.05, 0) is 18.1 Å². The van der Waals surface area contributed by atoms with E-state index in [0.29, 0.717) is 12.6 Å². The maximum Gasteiger partial charge on any atom is 0.222 e. The summed E-state index contributed by atoms with van der Waals surface area (Å²) in [5, 5.41) is 3.36. The first-order valence-electron chi connectivity index (χ1n) is 6.79. The van der Waals surface area contributed by atoms with Crippen LogP contribution in [-0.4, -0.2) is 30.0 Å². The number of rotatable bonds is 5. The third-order valence-electron chi connectivity index (χ3n) is 3.44. The molecule has 1 amide bonds. The maximum atomic E-state index is 11.1. The fourth-order valence-electron chi connectivity index (χ4n) is 2.23. The minimum atomic E-state index is -0.208. The van der Waals surface area contributed by atoms with Gasteiger partial charge in [0.15, 0.2) is 0 Å². The summed E-state index contributed by atoms with van der Waals surface area (Å²) >= 11 is 0. The first-order chi connectivity index (χ1) is 9.06. The van der Waals surface area contributed by atoms with E-state index in [-0.39, 0.29) is 11.8 Å². The van der Waals surface area contributed by atoms with Gasteiger partial charge in [-0.25, -0.2) is 4.98 Å². The summed E-state index contributed by atoms with van der Waals surface area (Å²) in [5.41, 5.74) is 6.51. The molecule has 5 heteroatoms. The Morgan fingerprint density at radius 3 is 2.89 bits per heavy atom. The molecule has 19 heavy (non-hydrogen) atoms. The Hall–Kier alpha value is -1.62. The number of carbonyl (C=O) groups is 1. The number of aromatic nitrogens is 1. The van der Waals surface area contributed by atoms with Crippen LogP contribution in [0.2, 0.25) is 0 Å². The molecule has 1 unspecified atom stereocenters. The van der Waals surface area contributed by atoms with Crippen molar-refractivity contribution >= 4 is 11.7 Å². The summed E-state index contributed by atoms with van der Waals surface area (Å²) in [6, 6.07) is 4.56. The van der Waals surface area contributed by atoms with E-state index in [1.54, 1.807) is 0 Å². The van der Waals surface area contributed by atoms with Crippen LogP contribution in [0.5, 0.6) is 0 Å². The molecule has 3 N–H and O–H groups in total. The van der Waals surface area contributed by atoms with Crippen LogP contribution in [0, 0.1) is 5.92 Å². The summed E-state index contributed by atoms with van der Waals surface area (Å²) < 4.78 is 0. The standard InChI is InChI=1S/C14H22N4O/c1-10(2)16-7-11-3-4-13(17-8-11)18-6-5-12(9-18)14(15)19/h3-4,8,10,12,16H,5-7,9H2,1-2H3,(H2,15,19). The highest BCUT2D eigenvalue weighted by molar-refractivity contribution is 5.78. The highest BCUT2D eigenvalue weighted by Crippen LogP contribution is 2.21. The maximum absolute atomic E-state index is 11.1. The SMILES string of the molecule is CC(C)NCc1ccc(N2CCC(C(N)=O)C2)nc1. The van der Waals surface area contributed by atoms with Gasteiger partial charge in [0.1, 0.15) is 5.82 Å². The van der Waals surface area contributed by atoms with E-state index in [1.807, 2.05) is 12.3 Å². The van der Waals surface area contributed by atoms with Gasteiger partial charge in [-0.15, -0.1) is 0 Å². The molecule has 1 fully saturated rings. The van der Waals surface area contributed by atoms with Crippen molar-refractivity contribution in [2.24, 2.45) is 11.7 Å². The van der Waals surface area contributed by atoms with Crippen LogP contribution >= 0.6 is 0 Å². The van der Waals surface area contributed by atoms with Crippen molar-refractivity contribution in [3.8, 4) is 0 Å². The lowest BCUT2D eigenvalue weighted by Gasteiger charge is -2.17.